The Hall–Kier alpha value is -2.47. The summed E-state index contributed by atoms with van der Waals surface area (Å²) in [6.07, 6.45) is 6.67. The zero-order valence-electron chi connectivity index (χ0n) is 15.9. The molecule has 28 heavy (non-hydrogen) atoms. The lowest BCUT2D eigenvalue weighted by Crippen LogP contribution is -2.41. The second-order valence-corrected chi connectivity index (χ2v) is 7.89. The van der Waals surface area contributed by atoms with E-state index in [1.165, 1.54) is 5.56 Å². The van der Waals surface area contributed by atoms with E-state index in [1.54, 1.807) is 36.2 Å². The third kappa shape index (κ3) is 6.60. The number of amides is 2. The van der Waals surface area contributed by atoms with Gasteiger partial charge in [0.15, 0.2) is 0 Å². The van der Waals surface area contributed by atoms with E-state index in [2.05, 4.69) is 17.4 Å². The zero-order chi connectivity index (χ0) is 19.6. The highest BCUT2D eigenvalue weighted by atomic mass is 32.2. The quantitative estimate of drug-likeness (QED) is 0.691. The Kier molecular flexibility index (Phi) is 7.79. The average molecular weight is 399 g/mol. The van der Waals surface area contributed by atoms with E-state index in [0.717, 1.165) is 31.7 Å². The van der Waals surface area contributed by atoms with Gasteiger partial charge in [-0.15, -0.1) is 11.8 Å². The van der Waals surface area contributed by atoms with E-state index in [9.17, 15) is 9.59 Å². The molecule has 1 aromatic carbocycles. The van der Waals surface area contributed by atoms with E-state index >= 15 is 0 Å². The molecular weight excluding hydrogens is 372 g/mol. The molecule has 1 fully saturated rings. The Balaban J connectivity index is 1.29. The van der Waals surface area contributed by atoms with E-state index in [1.807, 2.05) is 29.2 Å². The number of hydrogen-bond acceptors (Lipinski definition) is 4. The fourth-order valence-electron chi connectivity index (χ4n) is 3.15. The highest BCUT2D eigenvalue weighted by molar-refractivity contribution is 7.99. The molecule has 1 aromatic heterocycles. The summed E-state index contributed by atoms with van der Waals surface area (Å²) in [4.78, 5) is 26.1. The van der Waals surface area contributed by atoms with Crippen molar-refractivity contribution >= 4 is 29.7 Å². The van der Waals surface area contributed by atoms with Gasteiger partial charge in [0, 0.05) is 31.5 Å². The number of thioether (sulfide) groups is 1. The number of rotatable bonds is 8. The summed E-state index contributed by atoms with van der Waals surface area (Å²) in [5.74, 6) is 2.53. The molecule has 2 aromatic rings. The van der Waals surface area contributed by atoms with Crippen molar-refractivity contribution in [2.75, 3.05) is 25.4 Å². The van der Waals surface area contributed by atoms with Gasteiger partial charge in [-0.1, -0.05) is 30.3 Å². The molecule has 0 saturated carbocycles. The standard InChI is InChI=1S/C22H26N2O3S/c25-21(17-28-16-19-5-2-1-3-6-19)23-15-18-10-12-24(13-11-18)22(26)9-8-20-7-4-14-27-20/h1-9,14,18H,10-13,15-17H2,(H,23,25)/b9-8+. The number of piperidine rings is 1. The first-order valence-corrected chi connectivity index (χ1v) is 10.7. The normalized spacial score (nSPS) is 15.1. The van der Waals surface area contributed by atoms with Gasteiger partial charge in [-0.2, -0.15) is 0 Å². The van der Waals surface area contributed by atoms with Crippen molar-refractivity contribution < 1.29 is 14.0 Å². The number of carbonyl (C=O) groups is 2. The fraction of sp³-hybridized carbons (Fsp3) is 0.364. The van der Waals surface area contributed by atoms with Crippen LogP contribution in [0.25, 0.3) is 6.08 Å². The predicted molar refractivity (Wildman–Crippen MR) is 113 cm³/mol. The van der Waals surface area contributed by atoms with Crippen LogP contribution in [0.5, 0.6) is 0 Å². The van der Waals surface area contributed by atoms with Crippen LogP contribution in [0.1, 0.15) is 24.2 Å². The summed E-state index contributed by atoms with van der Waals surface area (Å²) >= 11 is 1.63. The molecule has 0 unspecified atom stereocenters. The smallest absolute Gasteiger partial charge is 0.246 e. The van der Waals surface area contributed by atoms with Crippen molar-refractivity contribution in [2.24, 2.45) is 5.92 Å². The molecule has 1 aliphatic heterocycles. The van der Waals surface area contributed by atoms with Gasteiger partial charge in [0.1, 0.15) is 5.76 Å². The van der Waals surface area contributed by atoms with Crippen LogP contribution in [0.15, 0.2) is 59.2 Å². The fourth-order valence-corrected chi connectivity index (χ4v) is 3.97. The van der Waals surface area contributed by atoms with Crippen molar-refractivity contribution in [2.45, 2.75) is 18.6 Å². The van der Waals surface area contributed by atoms with Crippen LogP contribution in [0.3, 0.4) is 0 Å². The van der Waals surface area contributed by atoms with Gasteiger partial charge in [0.25, 0.3) is 0 Å². The molecule has 0 bridgehead atoms. The average Bonchev–Trinajstić information content (AvgIpc) is 3.25. The molecular formula is C22H26N2O3S. The van der Waals surface area contributed by atoms with Gasteiger partial charge in [0.2, 0.25) is 11.8 Å². The first-order valence-electron chi connectivity index (χ1n) is 9.59. The Bertz CT molecular complexity index is 766. The number of furan rings is 1. The predicted octanol–water partition coefficient (Wildman–Crippen LogP) is 3.58. The highest BCUT2D eigenvalue weighted by Gasteiger charge is 2.21. The van der Waals surface area contributed by atoms with Crippen LogP contribution in [-0.2, 0) is 15.3 Å². The monoisotopic (exact) mass is 398 g/mol. The molecule has 0 radical (unpaired) electrons. The number of benzene rings is 1. The summed E-state index contributed by atoms with van der Waals surface area (Å²) in [5, 5.41) is 3.04. The van der Waals surface area contributed by atoms with Crippen molar-refractivity contribution in [1.29, 1.82) is 0 Å². The van der Waals surface area contributed by atoms with Crippen LogP contribution in [0.4, 0.5) is 0 Å². The minimum absolute atomic E-state index is 0.0104. The van der Waals surface area contributed by atoms with Crippen LogP contribution in [-0.4, -0.2) is 42.1 Å². The second-order valence-electron chi connectivity index (χ2n) is 6.90. The van der Waals surface area contributed by atoms with Crippen molar-refractivity contribution in [3.05, 3.63) is 66.1 Å². The van der Waals surface area contributed by atoms with Crippen LogP contribution >= 0.6 is 11.8 Å². The highest BCUT2D eigenvalue weighted by Crippen LogP contribution is 2.17. The molecule has 0 spiro atoms. The number of nitrogens with zero attached hydrogens (tertiary/aromatic N) is 1. The largest absolute Gasteiger partial charge is 0.465 e. The lowest BCUT2D eigenvalue weighted by atomic mass is 9.96. The number of carbonyl (C=O) groups excluding carboxylic acids is 2. The zero-order valence-corrected chi connectivity index (χ0v) is 16.7. The molecule has 2 amide bonds. The molecule has 1 aliphatic rings. The van der Waals surface area contributed by atoms with E-state index in [4.69, 9.17) is 4.42 Å². The minimum Gasteiger partial charge on any atom is -0.465 e. The Morgan fingerprint density at radius 3 is 2.64 bits per heavy atom. The second kappa shape index (κ2) is 10.8. The molecule has 6 heteroatoms. The maximum absolute atomic E-state index is 12.2. The molecule has 5 nitrogen and oxygen atoms in total. The summed E-state index contributed by atoms with van der Waals surface area (Å²) < 4.78 is 5.20. The molecule has 0 atom stereocenters. The van der Waals surface area contributed by atoms with Gasteiger partial charge in [-0.3, -0.25) is 9.59 Å². The molecule has 0 aliphatic carbocycles. The van der Waals surface area contributed by atoms with E-state index in [-0.39, 0.29) is 11.8 Å². The molecule has 1 N–H and O–H groups in total. The third-order valence-corrected chi connectivity index (χ3v) is 5.80. The SMILES string of the molecule is O=C(CSCc1ccccc1)NCC1CCN(C(=O)/C=C/c2ccco2)CC1. The summed E-state index contributed by atoms with van der Waals surface area (Å²) in [7, 11) is 0. The Morgan fingerprint density at radius 1 is 1.14 bits per heavy atom. The minimum atomic E-state index is 0.0104. The number of likely N-dealkylation sites (tertiary alicyclic amines) is 1. The number of nitrogens with one attached hydrogen (secondary N) is 1. The summed E-state index contributed by atoms with van der Waals surface area (Å²) in [6.45, 7) is 2.14. The molecule has 1 saturated heterocycles. The topological polar surface area (TPSA) is 62.6 Å². The lowest BCUT2D eigenvalue weighted by molar-refractivity contribution is -0.127. The lowest BCUT2D eigenvalue weighted by Gasteiger charge is -2.31. The van der Waals surface area contributed by atoms with Gasteiger partial charge >= 0.3 is 0 Å². The maximum atomic E-state index is 12.2. The van der Waals surface area contributed by atoms with Crippen molar-refractivity contribution in [3.8, 4) is 0 Å². The Labute approximate surface area is 170 Å². The van der Waals surface area contributed by atoms with E-state index in [0.29, 0.717) is 24.0 Å². The summed E-state index contributed by atoms with van der Waals surface area (Å²) in [6, 6.07) is 13.8. The van der Waals surface area contributed by atoms with E-state index < -0.39 is 0 Å². The summed E-state index contributed by atoms with van der Waals surface area (Å²) in [5.41, 5.74) is 1.23. The molecule has 3 rings (SSSR count). The van der Waals surface area contributed by atoms with Crippen LogP contribution in [0.2, 0.25) is 0 Å². The first kappa shape index (κ1) is 20.3. The Morgan fingerprint density at radius 2 is 1.93 bits per heavy atom. The third-order valence-electron chi connectivity index (χ3n) is 4.79. The van der Waals surface area contributed by atoms with Crippen LogP contribution < -0.4 is 5.32 Å². The van der Waals surface area contributed by atoms with Gasteiger partial charge in [-0.25, -0.2) is 0 Å². The maximum Gasteiger partial charge on any atom is 0.246 e. The molecule has 2 heterocycles. The van der Waals surface area contributed by atoms with Crippen LogP contribution in [0, 0.1) is 5.92 Å². The van der Waals surface area contributed by atoms with Crippen molar-refractivity contribution in [1.82, 2.24) is 10.2 Å². The van der Waals surface area contributed by atoms with Gasteiger partial charge in [-0.05, 0) is 42.5 Å². The van der Waals surface area contributed by atoms with Gasteiger partial charge in [0.05, 0.1) is 12.0 Å². The van der Waals surface area contributed by atoms with Gasteiger partial charge < -0.3 is 14.6 Å². The van der Waals surface area contributed by atoms with Crippen molar-refractivity contribution in [3.63, 3.8) is 0 Å². The first-order chi connectivity index (χ1) is 13.7. The number of hydrogen-bond donors (Lipinski definition) is 1. The molecule has 148 valence electrons.